The van der Waals surface area contributed by atoms with Crippen molar-refractivity contribution in [3.63, 3.8) is 0 Å². The van der Waals surface area contributed by atoms with Crippen molar-refractivity contribution in [3.8, 4) is 17.1 Å². The maximum absolute atomic E-state index is 12.9. The van der Waals surface area contributed by atoms with Crippen LogP contribution in [0.15, 0.2) is 53.1 Å². The molecule has 3 rings (SSSR count). The molecule has 1 heterocycles. The second-order valence-corrected chi connectivity index (χ2v) is 5.81. The van der Waals surface area contributed by atoms with E-state index in [1.54, 1.807) is 6.92 Å². The molecule has 1 amide bonds. The molecule has 0 fully saturated rings. The van der Waals surface area contributed by atoms with Gasteiger partial charge >= 0.3 is 0 Å². The number of nitrogens with zero attached hydrogens (tertiary/aromatic N) is 2. The molecule has 1 N–H and O–H groups in total. The van der Waals surface area contributed by atoms with Crippen molar-refractivity contribution in [2.24, 2.45) is 0 Å². The van der Waals surface area contributed by atoms with Crippen molar-refractivity contribution in [2.45, 2.75) is 26.5 Å². The normalized spacial score (nSPS) is 11.8. The molecule has 26 heavy (non-hydrogen) atoms. The lowest BCUT2D eigenvalue weighted by molar-refractivity contribution is -0.127. The molecule has 134 valence electrons. The standard InChI is InChI=1S/C19H18FN3O3/c1-12-3-5-14(6-4-12)18-22-17(26-23-18)11-21-19(24)13(2)25-16-9-7-15(20)8-10-16/h3-10,13H,11H2,1-2H3,(H,21,24)/t13-/m1/s1. The van der Waals surface area contributed by atoms with Crippen molar-refractivity contribution in [1.82, 2.24) is 15.5 Å². The van der Waals surface area contributed by atoms with E-state index in [0.29, 0.717) is 17.5 Å². The van der Waals surface area contributed by atoms with E-state index in [2.05, 4.69) is 15.5 Å². The Kier molecular flexibility index (Phi) is 5.26. The van der Waals surface area contributed by atoms with Crippen LogP contribution in [-0.2, 0) is 11.3 Å². The summed E-state index contributed by atoms with van der Waals surface area (Å²) in [7, 11) is 0. The van der Waals surface area contributed by atoms with E-state index >= 15 is 0 Å². The highest BCUT2D eigenvalue weighted by atomic mass is 19.1. The topological polar surface area (TPSA) is 77.2 Å². The number of carbonyl (C=O) groups is 1. The Hall–Kier alpha value is -3.22. The third-order valence-corrected chi connectivity index (χ3v) is 3.69. The summed E-state index contributed by atoms with van der Waals surface area (Å²) in [6.45, 7) is 3.69. The molecule has 1 aromatic heterocycles. The molecule has 0 aliphatic heterocycles. The fourth-order valence-corrected chi connectivity index (χ4v) is 2.22. The molecule has 0 radical (unpaired) electrons. The molecule has 0 bridgehead atoms. The second kappa shape index (κ2) is 7.77. The van der Waals surface area contributed by atoms with Crippen LogP contribution in [-0.4, -0.2) is 22.2 Å². The van der Waals surface area contributed by atoms with E-state index in [-0.39, 0.29) is 18.3 Å². The number of halogens is 1. The predicted octanol–water partition coefficient (Wildman–Crippen LogP) is 3.27. The van der Waals surface area contributed by atoms with Gasteiger partial charge < -0.3 is 14.6 Å². The molecule has 0 saturated heterocycles. The first-order valence-electron chi connectivity index (χ1n) is 8.11. The third-order valence-electron chi connectivity index (χ3n) is 3.69. The van der Waals surface area contributed by atoms with E-state index < -0.39 is 6.10 Å². The second-order valence-electron chi connectivity index (χ2n) is 5.81. The fourth-order valence-electron chi connectivity index (χ4n) is 2.22. The quantitative estimate of drug-likeness (QED) is 0.734. The molecule has 0 unspecified atom stereocenters. The number of rotatable bonds is 6. The minimum atomic E-state index is -0.750. The van der Waals surface area contributed by atoms with E-state index in [1.807, 2.05) is 31.2 Å². The molecule has 0 aliphatic carbocycles. The summed E-state index contributed by atoms with van der Waals surface area (Å²) in [5.41, 5.74) is 1.98. The molecular formula is C19H18FN3O3. The Bertz CT molecular complexity index is 876. The summed E-state index contributed by atoms with van der Waals surface area (Å²) < 4.78 is 23.5. The molecule has 6 nitrogen and oxygen atoms in total. The van der Waals surface area contributed by atoms with E-state index in [9.17, 15) is 9.18 Å². The van der Waals surface area contributed by atoms with Crippen LogP contribution in [0.4, 0.5) is 4.39 Å². The third kappa shape index (κ3) is 4.44. The van der Waals surface area contributed by atoms with Crippen LogP contribution < -0.4 is 10.1 Å². The Morgan fingerprint density at radius 1 is 1.19 bits per heavy atom. The minimum Gasteiger partial charge on any atom is -0.481 e. The summed E-state index contributed by atoms with van der Waals surface area (Å²) >= 11 is 0. The van der Waals surface area contributed by atoms with E-state index in [1.165, 1.54) is 24.3 Å². The van der Waals surface area contributed by atoms with E-state index in [0.717, 1.165) is 11.1 Å². The van der Waals surface area contributed by atoms with Crippen LogP contribution >= 0.6 is 0 Å². The number of benzene rings is 2. The number of hydrogen-bond acceptors (Lipinski definition) is 5. The number of aromatic nitrogens is 2. The average molecular weight is 355 g/mol. The highest BCUT2D eigenvalue weighted by Crippen LogP contribution is 2.16. The zero-order valence-electron chi connectivity index (χ0n) is 14.4. The van der Waals surface area contributed by atoms with Crippen LogP contribution in [0.3, 0.4) is 0 Å². The van der Waals surface area contributed by atoms with Gasteiger partial charge in [-0.15, -0.1) is 0 Å². The first-order chi connectivity index (χ1) is 12.5. The Morgan fingerprint density at radius 3 is 2.58 bits per heavy atom. The molecule has 0 spiro atoms. The number of ether oxygens (including phenoxy) is 1. The van der Waals surface area contributed by atoms with Gasteiger partial charge in [-0.25, -0.2) is 4.39 Å². The van der Waals surface area contributed by atoms with Crippen molar-refractivity contribution in [1.29, 1.82) is 0 Å². The van der Waals surface area contributed by atoms with Gasteiger partial charge in [0.05, 0.1) is 6.54 Å². The van der Waals surface area contributed by atoms with Gasteiger partial charge in [-0.3, -0.25) is 4.79 Å². The minimum absolute atomic E-state index is 0.0921. The van der Waals surface area contributed by atoms with Crippen LogP contribution in [0, 0.1) is 12.7 Å². The van der Waals surface area contributed by atoms with Gasteiger partial charge in [0.25, 0.3) is 5.91 Å². The highest BCUT2D eigenvalue weighted by molar-refractivity contribution is 5.80. The number of carbonyl (C=O) groups excluding carboxylic acids is 1. The summed E-state index contributed by atoms with van der Waals surface area (Å²) in [6, 6.07) is 13.2. The Balaban J connectivity index is 1.54. The fraction of sp³-hybridized carbons (Fsp3) is 0.211. The molecular weight excluding hydrogens is 337 g/mol. The van der Waals surface area contributed by atoms with Crippen LogP contribution in [0.5, 0.6) is 5.75 Å². The maximum atomic E-state index is 12.9. The first kappa shape index (κ1) is 17.6. The van der Waals surface area contributed by atoms with Crippen molar-refractivity contribution in [3.05, 3.63) is 65.8 Å². The van der Waals surface area contributed by atoms with Gasteiger partial charge in [-0.1, -0.05) is 35.0 Å². The first-order valence-corrected chi connectivity index (χ1v) is 8.11. The molecule has 3 aromatic rings. The predicted molar refractivity (Wildman–Crippen MR) is 92.8 cm³/mol. The Labute approximate surface area is 150 Å². The Morgan fingerprint density at radius 2 is 1.88 bits per heavy atom. The number of hydrogen-bond donors (Lipinski definition) is 1. The molecule has 2 aromatic carbocycles. The van der Waals surface area contributed by atoms with Crippen molar-refractivity contribution >= 4 is 5.91 Å². The summed E-state index contributed by atoms with van der Waals surface area (Å²) in [5, 5.41) is 6.58. The zero-order valence-corrected chi connectivity index (χ0v) is 14.4. The summed E-state index contributed by atoms with van der Waals surface area (Å²) in [5.74, 6) is 0.459. The molecule has 0 saturated carbocycles. The van der Waals surface area contributed by atoms with Gasteiger partial charge in [0, 0.05) is 5.56 Å². The monoisotopic (exact) mass is 355 g/mol. The van der Waals surface area contributed by atoms with Crippen LogP contribution in [0.2, 0.25) is 0 Å². The van der Waals surface area contributed by atoms with Crippen molar-refractivity contribution < 1.29 is 18.4 Å². The zero-order chi connectivity index (χ0) is 18.5. The molecule has 7 heteroatoms. The lowest BCUT2D eigenvalue weighted by Gasteiger charge is -2.13. The number of amides is 1. The number of nitrogens with one attached hydrogen (secondary N) is 1. The van der Waals surface area contributed by atoms with Crippen LogP contribution in [0.25, 0.3) is 11.4 Å². The molecule has 0 aliphatic rings. The van der Waals surface area contributed by atoms with Gasteiger partial charge in [-0.05, 0) is 38.1 Å². The van der Waals surface area contributed by atoms with Gasteiger partial charge in [0.2, 0.25) is 11.7 Å². The SMILES string of the molecule is Cc1ccc(-c2noc(CNC(=O)[C@@H](C)Oc3ccc(F)cc3)n2)cc1. The largest absolute Gasteiger partial charge is 0.481 e. The number of aryl methyl sites for hydroxylation is 1. The van der Waals surface area contributed by atoms with Gasteiger partial charge in [-0.2, -0.15) is 4.98 Å². The van der Waals surface area contributed by atoms with Crippen LogP contribution in [0.1, 0.15) is 18.4 Å². The van der Waals surface area contributed by atoms with E-state index in [4.69, 9.17) is 9.26 Å². The lowest BCUT2D eigenvalue weighted by Crippen LogP contribution is -2.35. The maximum Gasteiger partial charge on any atom is 0.261 e. The van der Waals surface area contributed by atoms with Gasteiger partial charge in [0.1, 0.15) is 11.6 Å². The summed E-state index contributed by atoms with van der Waals surface area (Å²) in [6.07, 6.45) is -0.750. The van der Waals surface area contributed by atoms with Gasteiger partial charge in [0.15, 0.2) is 6.10 Å². The average Bonchev–Trinajstić information content (AvgIpc) is 3.11. The highest BCUT2D eigenvalue weighted by Gasteiger charge is 2.16. The molecule has 1 atom stereocenters. The smallest absolute Gasteiger partial charge is 0.261 e. The van der Waals surface area contributed by atoms with Crippen molar-refractivity contribution in [2.75, 3.05) is 0 Å². The lowest BCUT2D eigenvalue weighted by atomic mass is 10.1. The summed E-state index contributed by atoms with van der Waals surface area (Å²) in [4.78, 5) is 16.4.